The zero-order valence-electron chi connectivity index (χ0n) is 11.4. The maximum absolute atomic E-state index is 12.1. The summed E-state index contributed by atoms with van der Waals surface area (Å²) in [5.41, 5.74) is 0.757. The third-order valence-corrected chi connectivity index (χ3v) is 4.06. The molecular weight excluding hydrogens is 284 g/mol. The lowest BCUT2D eigenvalue weighted by molar-refractivity contribution is -0.125. The molecule has 0 aliphatic carbocycles. The molecule has 1 saturated heterocycles. The molecule has 0 saturated carbocycles. The summed E-state index contributed by atoms with van der Waals surface area (Å²) in [6.07, 6.45) is 5.14. The van der Waals surface area contributed by atoms with E-state index in [1.165, 1.54) is 0 Å². The van der Waals surface area contributed by atoms with Crippen LogP contribution in [0.25, 0.3) is 0 Å². The highest BCUT2D eigenvalue weighted by atomic mass is 32.1. The number of thiazole rings is 1. The van der Waals surface area contributed by atoms with Crippen LogP contribution in [0.5, 0.6) is 0 Å². The Morgan fingerprint density at radius 3 is 2.76 bits per heavy atom. The average Bonchev–Trinajstić information content (AvgIpc) is 3.08. The first-order valence-corrected chi connectivity index (χ1v) is 7.56. The molecule has 1 aliphatic rings. The predicted octanol–water partition coefficient (Wildman–Crippen LogP) is 1.24. The monoisotopic (exact) mass is 298 g/mol. The quantitative estimate of drug-likeness (QED) is 0.743. The minimum absolute atomic E-state index is 0.127. The molecule has 106 valence electrons. The van der Waals surface area contributed by atoms with Crippen molar-refractivity contribution >= 4 is 22.4 Å². The zero-order chi connectivity index (χ0) is 14.5. The van der Waals surface area contributed by atoms with Crippen LogP contribution in [0.4, 0.5) is 5.13 Å². The van der Waals surface area contributed by atoms with Crippen LogP contribution in [0.2, 0.25) is 0 Å². The van der Waals surface area contributed by atoms with E-state index in [4.69, 9.17) is 0 Å². The minimum atomic E-state index is -0.127. The Bertz CT molecular complexity index is 652. The van der Waals surface area contributed by atoms with E-state index >= 15 is 0 Å². The van der Waals surface area contributed by atoms with E-state index in [1.807, 2.05) is 11.4 Å². The molecule has 2 aromatic heterocycles. The zero-order valence-corrected chi connectivity index (χ0v) is 12.2. The lowest BCUT2D eigenvalue weighted by atomic mass is 10.3. The van der Waals surface area contributed by atoms with Gasteiger partial charge >= 0.3 is 0 Å². The van der Waals surface area contributed by atoms with E-state index in [1.54, 1.807) is 40.9 Å². The number of carbonyl (C=O) groups is 1. The SMILES string of the molecule is O=C(C#Cc1cccnc1)N1CCN(c2nccs2)CC1. The number of hydrogen-bond acceptors (Lipinski definition) is 5. The van der Waals surface area contributed by atoms with Gasteiger partial charge in [-0.25, -0.2) is 4.98 Å². The van der Waals surface area contributed by atoms with Crippen LogP contribution < -0.4 is 4.90 Å². The molecule has 6 heteroatoms. The van der Waals surface area contributed by atoms with Crippen LogP contribution in [-0.4, -0.2) is 47.0 Å². The minimum Gasteiger partial charge on any atom is -0.345 e. The van der Waals surface area contributed by atoms with Gasteiger partial charge in [0.15, 0.2) is 5.13 Å². The first-order valence-electron chi connectivity index (χ1n) is 6.68. The Morgan fingerprint density at radius 1 is 1.24 bits per heavy atom. The molecule has 0 unspecified atom stereocenters. The molecule has 1 amide bonds. The number of amides is 1. The lowest BCUT2D eigenvalue weighted by Gasteiger charge is -2.33. The lowest BCUT2D eigenvalue weighted by Crippen LogP contribution is -2.48. The highest BCUT2D eigenvalue weighted by Gasteiger charge is 2.21. The number of piperazine rings is 1. The normalized spacial score (nSPS) is 14.5. The van der Waals surface area contributed by atoms with Crippen molar-refractivity contribution in [1.82, 2.24) is 14.9 Å². The van der Waals surface area contributed by atoms with Crippen LogP contribution in [0.3, 0.4) is 0 Å². The van der Waals surface area contributed by atoms with Gasteiger partial charge in [-0.2, -0.15) is 0 Å². The molecular formula is C15H14N4OS. The average molecular weight is 298 g/mol. The predicted molar refractivity (Wildman–Crippen MR) is 82.0 cm³/mol. The van der Waals surface area contributed by atoms with Crippen molar-refractivity contribution in [3.8, 4) is 11.8 Å². The van der Waals surface area contributed by atoms with Gasteiger partial charge in [-0.05, 0) is 12.1 Å². The van der Waals surface area contributed by atoms with E-state index in [0.717, 1.165) is 23.8 Å². The van der Waals surface area contributed by atoms with E-state index in [-0.39, 0.29) is 5.91 Å². The van der Waals surface area contributed by atoms with Gasteiger partial charge in [-0.15, -0.1) is 11.3 Å². The van der Waals surface area contributed by atoms with Gasteiger partial charge in [0, 0.05) is 61.6 Å². The van der Waals surface area contributed by atoms with Crippen LogP contribution in [0, 0.1) is 11.8 Å². The molecule has 3 heterocycles. The fourth-order valence-corrected chi connectivity index (χ4v) is 2.81. The summed E-state index contributed by atoms with van der Waals surface area (Å²) >= 11 is 1.62. The topological polar surface area (TPSA) is 49.3 Å². The molecule has 0 radical (unpaired) electrons. The molecule has 2 aromatic rings. The Hall–Kier alpha value is -2.39. The van der Waals surface area contributed by atoms with Crippen LogP contribution in [0.1, 0.15) is 5.56 Å². The van der Waals surface area contributed by atoms with E-state index < -0.39 is 0 Å². The molecule has 0 aromatic carbocycles. The molecule has 0 bridgehead atoms. The van der Waals surface area contributed by atoms with Crippen LogP contribution in [0.15, 0.2) is 36.1 Å². The summed E-state index contributed by atoms with van der Waals surface area (Å²) in [4.78, 5) is 24.3. The van der Waals surface area contributed by atoms with Crippen LogP contribution >= 0.6 is 11.3 Å². The second kappa shape index (κ2) is 6.37. The number of rotatable bonds is 1. The van der Waals surface area contributed by atoms with Crippen LogP contribution in [-0.2, 0) is 4.79 Å². The fourth-order valence-electron chi connectivity index (χ4n) is 2.11. The molecule has 1 aliphatic heterocycles. The first-order chi connectivity index (χ1) is 10.3. The van der Waals surface area contributed by atoms with Gasteiger partial charge in [-0.3, -0.25) is 9.78 Å². The van der Waals surface area contributed by atoms with E-state index in [2.05, 4.69) is 26.7 Å². The molecule has 0 N–H and O–H groups in total. The Kier molecular flexibility index (Phi) is 4.12. The molecule has 0 spiro atoms. The highest BCUT2D eigenvalue weighted by Crippen LogP contribution is 2.18. The van der Waals surface area contributed by atoms with Gasteiger partial charge in [0.2, 0.25) is 0 Å². The maximum Gasteiger partial charge on any atom is 0.298 e. The highest BCUT2D eigenvalue weighted by molar-refractivity contribution is 7.13. The van der Waals surface area contributed by atoms with E-state index in [0.29, 0.717) is 13.1 Å². The fraction of sp³-hybridized carbons (Fsp3) is 0.267. The van der Waals surface area contributed by atoms with Gasteiger partial charge in [0.05, 0.1) is 0 Å². The maximum atomic E-state index is 12.1. The number of pyridine rings is 1. The molecule has 1 fully saturated rings. The summed E-state index contributed by atoms with van der Waals surface area (Å²) < 4.78 is 0. The second-order valence-electron chi connectivity index (χ2n) is 4.59. The summed E-state index contributed by atoms with van der Waals surface area (Å²) in [6, 6.07) is 3.65. The van der Waals surface area contributed by atoms with Gasteiger partial charge in [-0.1, -0.05) is 5.92 Å². The third-order valence-electron chi connectivity index (χ3n) is 3.23. The number of hydrogen-bond donors (Lipinski definition) is 0. The number of aromatic nitrogens is 2. The van der Waals surface area contributed by atoms with Crippen molar-refractivity contribution in [3.05, 3.63) is 41.7 Å². The summed E-state index contributed by atoms with van der Waals surface area (Å²) in [5, 5.41) is 2.98. The molecule has 3 rings (SSSR count). The second-order valence-corrected chi connectivity index (χ2v) is 5.46. The first kappa shape index (κ1) is 13.6. The van der Waals surface area contributed by atoms with Crippen molar-refractivity contribution in [1.29, 1.82) is 0 Å². The van der Waals surface area contributed by atoms with Gasteiger partial charge in [0.25, 0.3) is 5.91 Å². The molecule has 21 heavy (non-hydrogen) atoms. The van der Waals surface area contributed by atoms with Gasteiger partial charge in [0.1, 0.15) is 0 Å². The van der Waals surface area contributed by atoms with E-state index in [9.17, 15) is 4.79 Å². The number of anilines is 1. The smallest absolute Gasteiger partial charge is 0.298 e. The Balaban J connectivity index is 1.57. The summed E-state index contributed by atoms with van der Waals surface area (Å²) in [5.74, 6) is 5.41. The molecule has 0 atom stereocenters. The molecule has 5 nitrogen and oxygen atoms in total. The Labute approximate surface area is 127 Å². The standard InChI is InChI=1S/C15H14N4OS/c20-14(4-3-13-2-1-5-16-12-13)18-7-9-19(10-8-18)15-17-6-11-21-15/h1-2,5-6,11-12H,7-10H2. The third kappa shape index (κ3) is 3.38. The van der Waals surface area contributed by atoms with Crippen molar-refractivity contribution < 1.29 is 4.79 Å². The van der Waals surface area contributed by atoms with Crippen molar-refractivity contribution in [2.75, 3.05) is 31.1 Å². The number of nitrogens with zero attached hydrogens (tertiary/aromatic N) is 4. The van der Waals surface area contributed by atoms with Gasteiger partial charge < -0.3 is 9.80 Å². The van der Waals surface area contributed by atoms with Crippen molar-refractivity contribution in [2.24, 2.45) is 0 Å². The number of carbonyl (C=O) groups excluding carboxylic acids is 1. The largest absolute Gasteiger partial charge is 0.345 e. The summed E-state index contributed by atoms with van der Waals surface area (Å²) in [7, 11) is 0. The van der Waals surface area contributed by atoms with Crippen molar-refractivity contribution in [3.63, 3.8) is 0 Å². The Morgan fingerprint density at radius 2 is 2.10 bits per heavy atom. The summed E-state index contributed by atoms with van der Waals surface area (Å²) in [6.45, 7) is 2.96. The van der Waals surface area contributed by atoms with Crippen molar-refractivity contribution in [2.45, 2.75) is 0 Å².